The number of hydrogen-bond donors (Lipinski definition) is 2. The van der Waals surface area contributed by atoms with Gasteiger partial charge in [0.2, 0.25) is 0 Å². The summed E-state index contributed by atoms with van der Waals surface area (Å²) < 4.78 is 51.7. The van der Waals surface area contributed by atoms with Gasteiger partial charge < -0.3 is 15.5 Å². The quantitative estimate of drug-likeness (QED) is 0.378. The molecular weight excluding hydrogens is 386 g/mol. The predicted molar refractivity (Wildman–Crippen MR) is 106 cm³/mol. The van der Waals surface area contributed by atoms with Gasteiger partial charge in [-0.15, -0.1) is 6.58 Å². The molecule has 1 aromatic rings. The van der Waals surface area contributed by atoms with Crippen LogP contribution in [0.25, 0.3) is 0 Å². The number of halogens is 4. The van der Waals surface area contributed by atoms with Crippen molar-refractivity contribution >= 4 is 11.7 Å². The summed E-state index contributed by atoms with van der Waals surface area (Å²) in [6.07, 6.45) is 5.65. The van der Waals surface area contributed by atoms with Crippen LogP contribution in [0.5, 0.6) is 0 Å². The lowest BCUT2D eigenvalue weighted by Crippen LogP contribution is -2.40. The van der Waals surface area contributed by atoms with E-state index in [4.69, 9.17) is 0 Å². The van der Waals surface area contributed by atoms with Crippen molar-refractivity contribution in [3.63, 3.8) is 0 Å². The van der Waals surface area contributed by atoms with Crippen molar-refractivity contribution in [1.29, 1.82) is 0 Å². The number of anilines is 1. The van der Waals surface area contributed by atoms with Gasteiger partial charge in [0.1, 0.15) is 5.82 Å². The summed E-state index contributed by atoms with van der Waals surface area (Å²) in [4.78, 5) is 14.3. The molecule has 1 aromatic carbocycles. The second kappa shape index (κ2) is 10.2. The molecule has 2 atom stereocenters. The Morgan fingerprint density at radius 3 is 2.79 bits per heavy atom. The molecule has 1 aliphatic heterocycles. The Bertz CT molecular complexity index is 774. The Labute approximate surface area is 168 Å². The number of nitrogens with zero attached hydrogens (tertiary/aromatic N) is 1. The molecular formula is C21H25F4N3O. The van der Waals surface area contributed by atoms with Crippen LogP contribution in [0, 0.1) is 11.7 Å². The number of hydrogen-bond acceptors (Lipinski definition) is 2. The zero-order chi connectivity index (χ0) is 21.4. The van der Waals surface area contributed by atoms with E-state index < -0.39 is 23.6 Å². The smallest absolute Gasteiger partial charge is 0.334 e. The van der Waals surface area contributed by atoms with Crippen LogP contribution in [-0.4, -0.2) is 36.6 Å². The summed E-state index contributed by atoms with van der Waals surface area (Å²) in [7, 11) is 0. The average Bonchev–Trinajstić information content (AvgIpc) is 3.08. The first-order valence-electron chi connectivity index (χ1n) is 9.31. The van der Waals surface area contributed by atoms with Gasteiger partial charge in [0.15, 0.2) is 0 Å². The topological polar surface area (TPSA) is 44.4 Å². The van der Waals surface area contributed by atoms with Gasteiger partial charge in [-0.3, -0.25) is 0 Å². The number of alkyl halides is 3. The van der Waals surface area contributed by atoms with Gasteiger partial charge in [0.25, 0.3) is 0 Å². The zero-order valence-corrected chi connectivity index (χ0v) is 16.2. The Morgan fingerprint density at radius 2 is 2.14 bits per heavy atom. The Morgan fingerprint density at radius 1 is 1.38 bits per heavy atom. The lowest BCUT2D eigenvalue weighted by Gasteiger charge is -2.20. The predicted octanol–water partition coefficient (Wildman–Crippen LogP) is 4.97. The van der Waals surface area contributed by atoms with Gasteiger partial charge >= 0.3 is 12.2 Å². The third-order valence-electron chi connectivity index (χ3n) is 4.57. The fraction of sp³-hybridized carbons (Fsp3) is 0.381. The molecule has 0 radical (unpaired) electrons. The number of rotatable bonds is 7. The van der Waals surface area contributed by atoms with Crippen LogP contribution in [0.3, 0.4) is 0 Å². The highest BCUT2D eigenvalue weighted by atomic mass is 19.4. The minimum Gasteiger partial charge on any atom is -0.334 e. The molecule has 1 aliphatic rings. The van der Waals surface area contributed by atoms with Crippen LogP contribution < -0.4 is 10.6 Å². The Kier molecular flexibility index (Phi) is 8.01. The van der Waals surface area contributed by atoms with Gasteiger partial charge in [-0.05, 0) is 31.5 Å². The molecule has 0 saturated carbocycles. The third kappa shape index (κ3) is 7.05. The van der Waals surface area contributed by atoms with Crippen molar-refractivity contribution in [1.82, 2.24) is 10.2 Å². The number of amides is 2. The maximum absolute atomic E-state index is 13.3. The van der Waals surface area contributed by atoms with Gasteiger partial charge in [0.05, 0.1) is 5.56 Å². The number of allylic oxidation sites excluding steroid dienone is 3. The summed E-state index contributed by atoms with van der Waals surface area (Å²) in [5, 5.41) is 5.09. The van der Waals surface area contributed by atoms with Gasteiger partial charge in [-0.1, -0.05) is 30.4 Å². The van der Waals surface area contributed by atoms with E-state index in [0.29, 0.717) is 18.7 Å². The molecule has 2 amide bonds. The second-order valence-electron chi connectivity index (χ2n) is 6.85. The maximum Gasteiger partial charge on any atom is 0.419 e. The van der Waals surface area contributed by atoms with E-state index in [9.17, 15) is 22.4 Å². The molecule has 0 aliphatic carbocycles. The molecule has 2 N–H and O–H groups in total. The van der Waals surface area contributed by atoms with E-state index in [-0.39, 0.29) is 17.6 Å². The van der Waals surface area contributed by atoms with E-state index in [1.807, 2.05) is 37.3 Å². The number of urea groups is 1. The van der Waals surface area contributed by atoms with E-state index in [0.717, 1.165) is 25.6 Å². The van der Waals surface area contributed by atoms with E-state index in [1.165, 1.54) is 0 Å². The molecule has 2 rings (SSSR count). The van der Waals surface area contributed by atoms with Crippen LogP contribution in [0.2, 0.25) is 0 Å². The van der Waals surface area contributed by atoms with Crippen molar-refractivity contribution in [2.24, 2.45) is 5.92 Å². The van der Waals surface area contributed by atoms with Crippen LogP contribution in [0.15, 0.2) is 55.2 Å². The molecule has 4 nitrogen and oxygen atoms in total. The van der Waals surface area contributed by atoms with Crippen molar-refractivity contribution in [2.75, 3.05) is 25.0 Å². The monoisotopic (exact) mass is 411 g/mol. The van der Waals surface area contributed by atoms with Gasteiger partial charge in [-0.2, -0.15) is 13.2 Å². The van der Waals surface area contributed by atoms with E-state index in [2.05, 4.69) is 22.1 Å². The fourth-order valence-electron chi connectivity index (χ4n) is 3.12. The standard InChI is InChI=1S/C21H25F4N3O/c1-3-5-6-7-15(4-2)13-28-11-10-17(14-28)27-20(29)26-16-8-9-19(22)18(12-16)21(23,24)25/h3-9,12,15,17H,2,10-11,13-14H2,1H3,(H2,26,27,29). The summed E-state index contributed by atoms with van der Waals surface area (Å²) in [5.41, 5.74) is -1.53. The minimum atomic E-state index is -4.83. The van der Waals surface area contributed by atoms with E-state index >= 15 is 0 Å². The number of carbonyl (C=O) groups is 1. The number of benzene rings is 1. The van der Waals surface area contributed by atoms with Crippen LogP contribution in [-0.2, 0) is 6.18 Å². The Hall–Kier alpha value is -2.61. The highest BCUT2D eigenvalue weighted by Gasteiger charge is 2.34. The molecule has 0 bridgehead atoms. The van der Waals surface area contributed by atoms with Gasteiger partial charge in [0, 0.05) is 37.3 Å². The number of likely N-dealkylation sites (tertiary alicyclic amines) is 1. The lowest BCUT2D eigenvalue weighted by molar-refractivity contribution is -0.139. The Balaban J connectivity index is 1.87. The molecule has 1 fully saturated rings. The normalized spacial score (nSPS) is 19.0. The lowest BCUT2D eigenvalue weighted by atomic mass is 10.1. The summed E-state index contributed by atoms with van der Waals surface area (Å²) in [6.45, 7) is 7.97. The van der Waals surface area contributed by atoms with E-state index in [1.54, 1.807) is 0 Å². The summed E-state index contributed by atoms with van der Waals surface area (Å²) in [6, 6.07) is 1.62. The van der Waals surface area contributed by atoms with Crippen molar-refractivity contribution < 1.29 is 22.4 Å². The fourth-order valence-corrected chi connectivity index (χ4v) is 3.12. The van der Waals surface area contributed by atoms with Crippen LogP contribution in [0.4, 0.5) is 28.0 Å². The molecule has 1 saturated heterocycles. The SMILES string of the molecule is C=CC(C=CC=CC)CN1CCC(NC(=O)Nc2ccc(F)c(C(F)(F)F)c2)C1. The number of nitrogens with one attached hydrogen (secondary N) is 2. The molecule has 158 valence electrons. The largest absolute Gasteiger partial charge is 0.419 e. The molecule has 2 unspecified atom stereocenters. The first kappa shape index (κ1) is 22.7. The number of carbonyl (C=O) groups excluding carboxylic acids is 1. The minimum absolute atomic E-state index is 0.119. The molecule has 29 heavy (non-hydrogen) atoms. The molecule has 1 heterocycles. The van der Waals surface area contributed by atoms with Crippen LogP contribution >= 0.6 is 0 Å². The van der Waals surface area contributed by atoms with Crippen molar-refractivity contribution in [2.45, 2.75) is 25.6 Å². The average molecular weight is 411 g/mol. The van der Waals surface area contributed by atoms with Crippen LogP contribution in [0.1, 0.15) is 18.9 Å². The first-order valence-corrected chi connectivity index (χ1v) is 9.31. The molecule has 0 spiro atoms. The van der Waals surface area contributed by atoms with Crippen molar-refractivity contribution in [3.8, 4) is 0 Å². The van der Waals surface area contributed by atoms with Crippen molar-refractivity contribution in [3.05, 3.63) is 66.5 Å². The highest BCUT2D eigenvalue weighted by Crippen LogP contribution is 2.33. The second-order valence-corrected chi connectivity index (χ2v) is 6.85. The first-order chi connectivity index (χ1) is 13.7. The third-order valence-corrected chi connectivity index (χ3v) is 4.57. The summed E-state index contributed by atoms with van der Waals surface area (Å²) in [5.74, 6) is -1.20. The highest BCUT2D eigenvalue weighted by molar-refractivity contribution is 5.89. The maximum atomic E-state index is 13.3. The van der Waals surface area contributed by atoms with Gasteiger partial charge in [-0.25, -0.2) is 9.18 Å². The zero-order valence-electron chi connectivity index (χ0n) is 16.2. The molecule has 0 aromatic heterocycles. The molecule has 8 heteroatoms. The summed E-state index contributed by atoms with van der Waals surface area (Å²) >= 11 is 0.